The predicted molar refractivity (Wildman–Crippen MR) is 145 cm³/mol. The first-order chi connectivity index (χ1) is 15.5. The summed E-state index contributed by atoms with van der Waals surface area (Å²) < 4.78 is 0. The molecule has 1 heterocycles. The Labute approximate surface area is 203 Å². The highest BCUT2D eigenvalue weighted by Crippen LogP contribution is 2.44. The highest BCUT2D eigenvalue weighted by molar-refractivity contribution is 8.00. The first-order valence-corrected chi connectivity index (χ1v) is 13.1. The van der Waals surface area contributed by atoms with Gasteiger partial charge in [-0.1, -0.05) is 65.8 Å². The van der Waals surface area contributed by atoms with Crippen LogP contribution in [0.15, 0.2) is 65.4 Å². The quantitative estimate of drug-likeness (QED) is 0.335. The van der Waals surface area contributed by atoms with Gasteiger partial charge < -0.3 is 15.7 Å². The molecule has 3 nitrogen and oxygen atoms in total. The zero-order chi connectivity index (χ0) is 23.8. The molecule has 0 amide bonds. The summed E-state index contributed by atoms with van der Waals surface area (Å²) in [6, 6.07) is 15.2. The molecule has 2 aromatic carbocycles. The Balaban J connectivity index is 1.36. The number of aliphatic hydroxyl groups excluding tert-OH is 1. The molecule has 0 aromatic heterocycles. The van der Waals surface area contributed by atoms with Gasteiger partial charge in [-0.3, -0.25) is 0 Å². The molecule has 3 N–H and O–H groups in total. The van der Waals surface area contributed by atoms with Crippen LogP contribution < -0.4 is 10.6 Å². The van der Waals surface area contributed by atoms with Crippen molar-refractivity contribution in [2.75, 3.05) is 22.9 Å². The number of hydrogen-bond acceptors (Lipinski definition) is 4. The third-order valence-electron chi connectivity index (χ3n) is 6.55. The van der Waals surface area contributed by atoms with E-state index in [-0.39, 0.29) is 10.8 Å². The van der Waals surface area contributed by atoms with Crippen LogP contribution in [0.5, 0.6) is 0 Å². The summed E-state index contributed by atoms with van der Waals surface area (Å²) in [5.41, 5.74) is 8.47. The molecule has 0 bridgehead atoms. The molecule has 2 aromatic rings. The van der Waals surface area contributed by atoms with E-state index >= 15 is 0 Å². The van der Waals surface area contributed by atoms with E-state index in [0.29, 0.717) is 11.0 Å². The highest BCUT2D eigenvalue weighted by Gasteiger charge is 2.33. The van der Waals surface area contributed by atoms with Crippen molar-refractivity contribution in [2.45, 2.75) is 59.6 Å². The topological polar surface area (TPSA) is 44.3 Å². The summed E-state index contributed by atoms with van der Waals surface area (Å²) in [7, 11) is 0. The van der Waals surface area contributed by atoms with Crippen LogP contribution in [0.1, 0.15) is 59.1 Å². The average molecular weight is 463 g/mol. The SMILES string of the molecule is CC(C)(C)C1=CC(SCCNc2ccc3c(c2)Cc2ccccc2N3)CC(C(C)(C)C)=C1O. The van der Waals surface area contributed by atoms with Crippen LogP contribution in [-0.2, 0) is 6.42 Å². The summed E-state index contributed by atoms with van der Waals surface area (Å²) in [6.45, 7) is 14.1. The van der Waals surface area contributed by atoms with Crippen molar-refractivity contribution in [3.63, 3.8) is 0 Å². The summed E-state index contributed by atoms with van der Waals surface area (Å²) in [4.78, 5) is 0. The van der Waals surface area contributed by atoms with Gasteiger partial charge in [0.25, 0.3) is 0 Å². The first-order valence-electron chi connectivity index (χ1n) is 12.0. The number of allylic oxidation sites excluding steroid dienone is 2. The minimum absolute atomic E-state index is 0.0261. The molecule has 0 fully saturated rings. The second-order valence-corrected chi connectivity index (χ2v) is 12.6. The normalized spacial score (nSPS) is 18.2. The molecule has 0 saturated heterocycles. The molecule has 0 saturated carbocycles. The van der Waals surface area contributed by atoms with Crippen molar-refractivity contribution >= 4 is 28.8 Å². The van der Waals surface area contributed by atoms with Crippen LogP contribution in [0.25, 0.3) is 0 Å². The fourth-order valence-electron chi connectivity index (χ4n) is 4.68. The van der Waals surface area contributed by atoms with E-state index in [1.54, 1.807) is 0 Å². The summed E-state index contributed by atoms with van der Waals surface area (Å²) in [5.74, 6) is 1.55. The molecule has 1 aliphatic carbocycles. The van der Waals surface area contributed by atoms with Crippen molar-refractivity contribution < 1.29 is 5.11 Å². The molecule has 176 valence electrons. The van der Waals surface area contributed by atoms with Crippen LogP contribution in [0.4, 0.5) is 17.1 Å². The second-order valence-electron chi connectivity index (χ2n) is 11.3. The highest BCUT2D eigenvalue weighted by atomic mass is 32.2. The molecule has 2 aliphatic rings. The fraction of sp³-hybridized carbons (Fsp3) is 0.448. The third-order valence-corrected chi connectivity index (χ3v) is 7.72. The van der Waals surface area contributed by atoms with Gasteiger partial charge >= 0.3 is 0 Å². The number of rotatable bonds is 5. The van der Waals surface area contributed by atoms with Crippen molar-refractivity contribution in [1.82, 2.24) is 0 Å². The lowest BCUT2D eigenvalue weighted by Gasteiger charge is -2.35. The van der Waals surface area contributed by atoms with Crippen molar-refractivity contribution in [2.24, 2.45) is 10.8 Å². The zero-order valence-corrected chi connectivity index (χ0v) is 21.7. The van der Waals surface area contributed by atoms with Crippen molar-refractivity contribution in [3.8, 4) is 0 Å². The van der Waals surface area contributed by atoms with Gasteiger partial charge in [-0.25, -0.2) is 0 Å². The fourth-order valence-corrected chi connectivity index (χ4v) is 5.72. The van der Waals surface area contributed by atoms with Crippen LogP contribution in [-0.4, -0.2) is 22.7 Å². The molecule has 1 atom stereocenters. The first kappa shape index (κ1) is 23.8. The lowest BCUT2D eigenvalue weighted by molar-refractivity contribution is 0.339. The number of hydrogen-bond donors (Lipinski definition) is 3. The van der Waals surface area contributed by atoms with Gasteiger partial charge in [0.05, 0.1) is 0 Å². The van der Waals surface area contributed by atoms with Crippen molar-refractivity contribution in [1.29, 1.82) is 0 Å². The van der Waals surface area contributed by atoms with Crippen LogP contribution in [0, 0.1) is 10.8 Å². The van der Waals surface area contributed by atoms with Crippen LogP contribution in [0.2, 0.25) is 0 Å². The molecule has 0 radical (unpaired) electrons. The number of thioether (sulfide) groups is 1. The van der Waals surface area contributed by atoms with E-state index in [2.05, 4.69) is 101 Å². The van der Waals surface area contributed by atoms with Gasteiger partial charge in [0.1, 0.15) is 5.76 Å². The van der Waals surface area contributed by atoms with Crippen LogP contribution >= 0.6 is 11.8 Å². The van der Waals surface area contributed by atoms with Crippen LogP contribution in [0.3, 0.4) is 0 Å². The van der Waals surface area contributed by atoms with Gasteiger partial charge in [-0.15, -0.1) is 0 Å². The molecule has 4 rings (SSSR count). The molecule has 33 heavy (non-hydrogen) atoms. The van der Waals surface area contributed by atoms with E-state index in [1.807, 2.05) is 11.8 Å². The Morgan fingerprint density at radius 3 is 2.42 bits per heavy atom. The average Bonchev–Trinajstić information content (AvgIpc) is 2.74. The summed E-state index contributed by atoms with van der Waals surface area (Å²) in [5, 5.41) is 18.5. The predicted octanol–water partition coefficient (Wildman–Crippen LogP) is 8.08. The molecular formula is C29H38N2OS. The minimum Gasteiger partial charge on any atom is -0.508 e. The van der Waals surface area contributed by atoms with Crippen molar-refractivity contribution in [3.05, 3.63) is 76.6 Å². The molecule has 1 aliphatic heterocycles. The Hall–Kier alpha value is -2.33. The van der Waals surface area contributed by atoms with Gasteiger partial charge in [0.2, 0.25) is 0 Å². The van der Waals surface area contributed by atoms with E-state index in [4.69, 9.17) is 0 Å². The Kier molecular flexibility index (Phi) is 6.59. The minimum atomic E-state index is -0.0617. The molecule has 1 unspecified atom stereocenters. The standard InChI is InChI=1S/C29H38N2OS/c1-28(2,3)23-17-22(18-24(27(23)32)29(4,5)6)33-14-13-30-21-11-12-26-20(16-21)15-19-9-7-8-10-25(19)31-26/h7-12,16-17,22,30-32H,13-15,18H2,1-6H3. The third kappa shape index (κ3) is 5.43. The monoisotopic (exact) mass is 462 g/mol. The number of fused-ring (bicyclic) bond motifs is 2. The Bertz CT molecular complexity index is 1090. The maximum Gasteiger partial charge on any atom is 0.118 e. The second kappa shape index (κ2) is 9.13. The summed E-state index contributed by atoms with van der Waals surface area (Å²) >= 11 is 1.98. The van der Waals surface area contributed by atoms with E-state index in [0.717, 1.165) is 30.7 Å². The largest absolute Gasteiger partial charge is 0.508 e. The maximum atomic E-state index is 11.0. The number of para-hydroxylation sites is 1. The smallest absolute Gasteiger partial charge is 0.118 e. The summed E-state index contributed by atoms with van der Waals surface area (Å²) in [6.07, 6.45) is 4.19. The maximum absolute atomic E-state index is 11.0. The Morgan fingerprint density at radius 1 is 0.970 bits per heavy atom. The Morgan fingerprint density at radius 2 is 1.70 bits per heavy atom. The number of aliphatic hydroxyl groups is 1. The molecule has 0 spiro atoms. The van der Waals surface area contributed by atoms with E-state index in [9.17, 15) is 5.11 Å². The number of nitrogens with one attached hydrogen (secondary N) is 2. The van der Waals surface area contributed by atoms with E-state index < -0.39 is 0 Å². The van der Waals surface area contributed by atoms with E-state index in [1.165, 1.54) is 33.8 Å². The van der Waals surface area contributed by atoms with Gasteiger partial charge in [0, 0.05) is 41.0 Å². The number of anilines is 3. The van der Waals surface area contributed by atoms with Gasteiger partial charge in [-0.05, 0) is 63.8 Å². The lowest BCUT2D eigenvalue weighted by Crippen LogP contribution is -2.25. The molecular weight excluding hydrogens is 424 g/mol. The number of benzene rings is 2. The zero-order valence-electron chi connectivity index (χ0n) is 20.9. The molecule has 4 heteroatoms. The van der Waals surface area contributed by atoms with Gasteiger partial charge in [-0.2, -0.15) is 11.8 Å². The lowest BCUT2D eigenvalue weighted by atomic mass is 9.74. The van der Waals surface area contributed by atoms with Gasteiger partial charge in [0.15, 0.2) is 0 Å².